The van der Waals surface area contributed by atoms with Crippen LogP contribution in [0, 0.1) is 12.7 Å². The monoisotopic (exact) mass is 293 g/mol. The van der Waals surface area contributed by atoms with Crippen molar-refractivity contribution in [2.24, 2.45) is 5.73 Å². The maximum Gasteiger partial charge on any atom is 0.185 e. The molecule has 0 aliphatic rings. The predicted octanol–water partition coefficient (Wildman–Crippen LogP) is 2.57. The first kappa shape index (κ1) is 14.7. The van der Waals surface area contributed by atoms with E-state index in [1.165, 1.54) is 18.2 Å². The summed E-state index contributed by atoms with van der Waals surface area (Å²) in [6, 6.07) is 10.8. The van der Waals surface area contributed by atoms with Crippen molar-refractivity contribution in [3.63, 3.8) is 0 Å². The highest BCUT2D eigenvalue weighted by Crippen LogP contribution is 2.21. The van der Waals surface area contributed by atoms with Gasteiger partial charge >= 0.3 is 0 Å². The smallest absolute Gasteiger partial charge is 0.185 e. The van der Waals surface area contributed by atoms with Gasteiger partial charge in [-0.05, 0) is 35.7 Å². The molecule has 2 rings (SSSR count). The first-order valence-corrected chi connectivity index (χ1v) is 7.85. The summed E-state index contributed by atoms with van der Waals surface area (Å²) in [4.78, 5) is -0.262. The minimum Gasteiger partial charge on any atom is -0.326 e. The fourth-order valence-corrected chi connectivity index (χ4v) is 3.57. The van der Waals surface area contributed by atoms with Gasteiger partial charge in [-0.15, -0.1) is 0 Å². The van der Waals surface area contributed by atoms with Crippen LogP contribution in [-0.2, 0) is 22.1 Å². The number of aryl methyl sites for hydroxylation is 1. The zero-order valence-corrected chi connectivity index (χ0v) is 12.0. The van der Waals surface area contributed by atoms with Gasteiger partial charge in [0.1, 0.15) is 10.7 Å². The summed E-state index contributed by atoms with van der Waals surface area (Å²) < 4.78 is 38.1. The minimum atomic E-state index is -3.69. The molecule has 0 aliphatic carbocycles. The molecule has 20 heavy (non-hydrogen) atoms. The third-order valence-corrected chi connectivity index (χ3v) is 4.85. The topological polar surface area (TPSA) is 60.2 Å². The maximum atomic E-state index is 13.6. The maximum absolute atomic E-state index is 13.6. The Bertz CT molecular complexity index is 726. The first-order valence-electron chi connectivity index (χ1n) is 6.20. The molecular formula is C15H16FNO2S. The highest BCUT2D eigenvalue weighted by molar-refractivity contribution is 7.90. The Kier molecular flexibility index (Phi) is 4.20. The summed E-state index contributed by atoms with van der Waals surface area (Å²) in [5.74, 6) is -0.936. The molecule has 0 saturated heterocycles. The highest BCUT2D eigenvalue weighted by atomic mass is 32.2. The molecule has 0 saturated carbocycles. The van der Waals surface area contributed by atoms with Crippen LogP contribution in [0.4, 0.5) is 4.39 Å². The molecule has 0 aliphatic heterocycles. The second kappa shape index (κ2) is 5.73. The van der Waals surface area contributed by atoms with Gasteiger partial charge in [0.25, 0.3) is 0 Å². The fourth-order valence-electron chi connectivity index (χ4n) is 2.03. The lowest BCUT2D eigenvalue weighted by atomic mass is 10.1. The number of rotatable bonds is 4. The second-order valence-corrected chi connectivity index (χ2v) is 6.61. The molecule has 0 aromatic heterocycles. The molecule has 0 bridgehead atoms. The Morgan fingerprint density at radius 1 is 1.15 bits per heavy atom. The van der Waals surface area contributed by atoms with Crippen LogP contribution in [0.25, 0.3) is 0 Å². The molecule has 2 N–H and O–H groups in total. The molecule has 0 radical (unpaired) electrons. The van der Waals surface area contributed by atoms with Crippen molar-refractivity contribution in [1.29, 1.82) is 0 Å². The average molecular weight is 293 g/mol. The standard InChI is InChI=1S/C15H16FNO2S/c1-11-8-12(9-17)6-7-13(11)10-20(18,19)15-5-3-2-4-14(15)16/h2-8H,9-10,17H2,1H3. The van der Waals surface area contributed by atoms with Crippen molar-refractivity contribution in [3.05, 3.63) is 65.0 Å². The summed E-state index contributed by atoms with van der Waals surface area (Å²) in [7, 11) is -3.69. The number of hydrogen-bond donors (Lipinski definition) is 1. The molecule has 2 aromatic carbocycles. The van der Waals surface area contributed by atoms with E-state index < -0.39 is 15.7 Å². The van der Waals surface area contributed by atoms with Crippen molar-refractivity contribution in [1.82, 2.24) is 0 Å². The van der Waals surface area contributed by atoms with Crippen molar-refractivity contribution in [3.8, 4) is 0 Å². The van der Waals surface area contributed by atoms with E-state index in [1.54, 1.807) is 12.1 Å². The van der Waals surface area contributed by atoms with Gasteiger partial charge in [0, 0.05) is 6.54 Å². The molecular weight excluding hydrogens is 277 g/mol. The molecule has 2 aromatic rings. The lowest BCUT2D eigenvalue weighted by Crippen LogP contribution is -2.08. The Labute approximate surface area is 118 Å². The third kappa shape index (κ3) is 3.05. The summed E-state index contributed by atoms with van der Waals surface area (Å²) >= 11 is 0. The van der Waals surface area contributed by atoms with Crippen molar-refractivity contribution < 1.29 is 12.8 Å². The normalized spacial score (nSPS) is 11.6. The number of halogens is 1. The van der Waals surface area contributed by atoms with E-state index in [4.69, 9.17) is 5.73 Å². The van der Waals surface area contributed by atoms with Crippen LogP contribution in [0.2, 0.25) is 0 Å². The Hall–Kier alpha value is -1.72. The Morgan fingerprint density at radius 3 is 2.45 bits per heavy atom. The Morgan fingerprint density at radius 2 is 1.85 bits per heavy atom. The van der Waals surface area contributed by atoms with Crippen LogP contribution in [0.3, 0.4) is 0 Å². The minimum absolute atomic E-state index is 0.218. The molecule has 106 valence electrons. The molecule has 5 heteroatoms. The van der Waals surface area contributed by atoms with Crippen molar-refractivity contribution >= 4 is 9.84 Å². The summed E-state index contributed by atoms with van der Waals surface area (Å²) in [6.07, 6.45) is 0. The van der Waals surface area contributed by atoms with E-state index in [0.717, 1.165) is 17.2 Å². The number of hydrogen-bond acceptors (Lipinski definition) is 3. The predicted molar refractivity (Wildman–Crippen MR) is 76.4 cm³/mol. The SMILES string of the molecule is Cc1cc(CN)ccc1CS(=O)(=O)c1ccccc1F. The zero-order chi connectivity index (χ0) is 14.8. The van der Waals surface area contributed by atoms with Crippen LogP contribution < -0.4 is 5.73 Å². The van der Waals surface area contributed by atoms with Crippen LogP contribution in [0.1, 0.15) is 16.7 Å². The molecule has 0 spiro atoms. The number of benzene rings is 2. The first-order chi connectivity index (χ1) is 9.44. The van der Waals surface area contributed by atoms with E-state index in [1.807, 2.05) is 13.0 Å². The molecule has 0 heterocycles. The quantitative estimate of drug-likeness (QED) is 0.942. The zero-order valence-electron chi connectivity index (χ0n) is 11.1. The van der Waals surface area contributed by atoms with Crippen molar-refractivity contribution in [2.75, 3.05) is 0 Å². The molecule has 0 amide bonds. The molecule has 0 unspecified atom stereocenters. The fraction of sp³-hybridized carbons (Fsp3) is 0.200. The van der Waals surface area contributed by atoms with E-state index in [9.17, 15) is 12.8 Å². The Balaban J connectivity index is 2.36. The van der Waals surface area contributed by atoms with Gasteiger partial charge in [-0.2, -0.15) is 0 Å². The van der Waals surface area contributed by atoms with Gasteiger partial charge in [0.05, 0.1) is 5.75 Å². The van der Waals surface area contributed by atoms with Gasteiger partial charge in [-0.3, -0.25) is 0 Å². The summed E-state index contributed by atoms with van der Waals surface area (Å²) in [6.45, 7) is 2.23. The molecule has 3 nitrogen and oxygen atoms in total. The van der Waals surface area contributed by atoms with Crippen LogP contribution >= 0.6 is 0 Å². The summed E-state index contributed by atoms with van der Waals surface area (Å²) in [5.41, 5.74) is 7.98. The number of nitrogens with two attached hydrogens (primary N) is 1. The second-order valence-electron chi connectivity index (χ2n) is 4.65. The van der Waals surface area contributed by atoms with E-state index in [0.29, 0.717) is 12.1 Å². The molecule has 0 atom stereocenters. The van der Waals surface area contributed by atoms with Crippen LogP contribution in [0.15, 0.2) is 47.4 Å². The van der Waals surface area contributed by atoms with E-state index in [-0.39, 0.29) is 10.6 Å². The van der Waals surface area contributed by atoms with Gasteiger partial charge in [0.2, 0.25) is 0 Å². The van der Waals surface area contributed by atoms with E-state index >= 15 is 0 Å². The highest BCUT2D eigenvalue weighted by Gasteiger charge is 2.20. The lowest BCUT2D eigenvalue weighted by molar-refractivity contribution is 0.566. The lowest BCUT2D eigenvalue weighted by Gasteiger charge is -2.09. The molecule has 0 fully saturated rings. The number of sulfone groups is 1. The van der Waals surface area contributed by atoms with Gasteiger partial charge < -0.3 is 5.73 Å². The van der Waals surface area contributed by atoms with Crippen LogP contribution in [0.5, 0.6) is 0 Å². The van der Waals surface area contributed by atoms with Gasteiger partial charge in [0.15, 0.2) is 9.84 Å². The summed E-state index contributed by atoms with van der Waals surface area (Å²) in [5, 5.41) is 0. The largest absolute Gasteiger partial charge is 0.326 e. The van der Waals surface area contributed by atoms with Gasteiger partial charge in [-0.1, -0.05) is 30.3 Å². The van der Waals surface area contributed by atoms with E-state index in [2.05, 4.69) is 0 Å². The third-order valence-electron chi connectivity index (χ3n) is 3.16. The average Bonchev–Trinajstić information content (AvgIpc) is 2.41. The van der Waals surface area contributed by atoms with Crippen LogP contribution in [-0.4, -0.2) is 8.42 Å². The van der Waals surface area contributed by atoms with Gasteiger partial charge in [-0.25, -0.2) is 12.8 Å². The van der Waals surface area contributed by atoms with Crippen molar-refractivity contribution in [2.45, 2.75) is 24.1 Å².